The Morgan fingerprint density at radius 2 is 1.55 bits per heavy atom. The van der Waals surface area contributed by atoms with Gasteiger partial charge in [-0.15, -0.1) is 0 Å². The van der Waals surface area contributed by atoms with E-state index in [0.717, 1.165) is 30.1 Å². The van der Waals surface area contributed by atoms with E-state index in [-0.39, 0.29) is 11.5 Å². The fraction of sp³-hybridized carbons (Fsp3) is 1.00. The van der Waals surface area contributed by atoms with Crippen LogP contribution < -0.4 is 0 Å². The van der Waals surface area contributed by atoms with Crippen LogP contribution in [0.15, 0.2) is 0 Å². The highest BCUT2D eigenvalue weighted by atomic mass is 16.3. The maximum absolute atomic E-state index is 10.5. The number of aliphatic hydroxyl groups excluding tert-OH is 1. The Labute approximate surface area is 124 Å². The first-order valence-electron chi connectivity index (χ1n) is 9.24. The van der Waals surface area contributed by atoms with Crippen molar-refractivity contribution in [1.82, 2.24) is 0 Å². The average molecular weight is 276 g/mol. The van der Waals surface area contributed by atoms with Gasteiger partial charge in [0.2, 0.25) is 0 Å². The van der Waals surface area contributed by atoms with Crippen LogP contribution in [0, 0.1) is 34.5 Å². The Kier molecular flexibility index (Phi) is 3.05. The van der Waals surface area contributed by atoms with Crippen LogP contribution in [0.5, 0.6) is 0 Å². The van der Waals surface area contributed by atoms with Gasteiger partial charge >= 0.3 is 0 Å². The number of hydrogen-bond donors (Lipinski definition) is 1. The molecular weight excluding hydrogens is 244 g/mol. The highest BCUT2D eigenvalue weighted by Crippen LogP contribution is 2.66. The third-order valence-electron chi connectivity index (χ3n) is 8.53. The van der Waals surface area contributed by atoms with Crippen LogP contribution in [0.1, 0.15) is 78.1 Å². The zero-order chi connectivity index (χ0) is 14.0. The van der Waals surface area contributed by atoms with Crippen molar-refractivity contribution >= 4 is 0 Å². The number of aliphatic hydroxyl groups is 1. The molecule has 0 radical (unpaired) electrons. The molecule has 0 spiro atoms. The highest BCUT2D eigenvalue weighted by Gasteiger charge is 2.59. The lowest BCUT2D eigenvalue weighted by Crippen LogP contribution is -2.53. The molecule has 0 heterocycles. The zero-order valence-electron chi connectivity index (χ0n) is 13.4. The summed E-state index contributed by atoms with van der Waals surface area (Å²) in [4.78, 5) is 0. The lowest BCUT2D eigenvalue weighted by atomic mass is 9.45. The molecule has 20 heavy (non-hydrogen) atoms. The molecule has 0 saturated heterocycles. The average Bonchev–Trinajstić information content (AvgIpc) is 2.74. The third-order valence-corrected chi connectivity index (χ3v) is 8.53. The molecule has 0 aliphatic heterocycles. The Bertz CT molecular complexity index is 391. The quantitative estimate of drug-likeness (QED) is 0.675. The molecule has 0 amide bonds. The van der Waals surface area contributed by atoms with Gasteiger partial charge in [0.1, 0.15) is 0 Å². The van der Waals surface area contributed by atoms with E-state index < -0.39 is 0 Å². The summed E-state index contributed by atoms with van der Waals surface area (Å²) >= 11 is 0. The molecular formula is C19H32O. The van der Waals surface area contributed by atoms with Crippen LogP contribution in [-0.2, 0) is 0 Å². The standard InChI is InChI=1S/C19H32O/c1-18-11-4-3-5-13(18)6-7-14-15-8-9-17(20)19(15,2)12-10-16(14)18/h13-17,20H,3-12H2,1-2H3/t13-,14+,15+,16-,17+,18+,19+/m1/s1. The smallest absolute Gasteiger partial charge is 0.0596 e. The van der Waals surface area contributed by atoms with E-state index in [1.807, 2.05) is 0 Å². The van der Waals surface area contributed by atoms with Crippen molar-refractivity contribution in [3.8, 4) is 0 Å². The van der Waals surface area contributed by atoms with Crippen LogP contribution >= 0.6 is 0 Å². The van der Waals surface area contributed by atoms with Gasteiger partial charge in [-0.2, -0.15) is 0 Å². The molecule has 1 N–H and O–H groups in total. The minimum Gasteiger partial charge on any atom is -0.393 e. The Morgan fingerprint density at radius 3 is 2.40 bits per heavy atom. The van der Waals surface area contributed by atoms with Crippen molar-refractivity contribution in [1.29, 1.82) is 0 Å². The Balaban J connectivity index is 1.64. The second-order valence-electron chi connectivity index (χ2n) is 9.04. The van der Waals surface area contributed by atoms with Crippen LogP contribution in [0.25, 0.3) is 0 Å². The topological polar surface area (TPSA) is 20.2 Å². The van der Waals surface area contributed by atoms with Gasteiger partial charge in [-0.1, -0.05) is 26.7 Å². The van der Waals surface area contributed by atoms with E-state index in [1.165, 1.54) is 57.8 Å². The Hall–Kier alpha value is -0.0400. The van der Waals surface area contributed by atoms with Crippen LogP contribution in [0.2, 0.25) is 0 Å². The van der Waals surface area contributed by atoms with Crippen molar-refractivity contribution in [3.05, 3.63) is 0 Å². The van der Waals surface area contributed by atoms with Gasteiger partial charge in [0.05, 0.1) is 6.10 Å². The van der Waals surface area contributed by atoms with Gasteiger partial charge in [-0.3, -0.25) is 0 Å². The van der Waals surface area contributed by atoms with Crippen molar-refractivity contribution in [2.24, 2.45) is 34.5 Å². The third kappa shape index (κ3) is 1.65. The SMILES string of the molecule is C[C@]12CCCC[C@@H]1CC[C@@H]1[C@H]2CC[C@]2(C)[C@@H](O)CC[C@@H]12. The molecule has 4 fully saturated rings. The summed E-state index contributed by atoms with van der Waals surface area (Å²) in [7, 11) is 0. The molecule has 4 aliphatic rings. The van der Waals surface area contributed by atoms with Crippen LogP contribution in [0.4, 0.5) is 0 Å². The summed E-state index contributed by atoms with van der Waals surface area (Å²) < 4.78 is 0. The van der Waals surface area contributed by atoms with E-state index >= 15 is 0 Å². The molecule has 0 aromatic heterocycles. The zero-order valence-corrected chi connectivity index (χ0v) is 13.4. The first-order chi connectivity index (χ1) is 9.56. The van der Waals surface area contributed by atoms with Gasteiger partial charge in [0, 0.05) is 0 Å². The van der Waals surface area contributed by atoms with Gasteiger partial charge < -0.3 is 5.11 Å². The van der Waals surface area contributed by atoms with Crippen molar-refractivity contribution < 1.29 is 5.11 Å². The molecule has 114 valence electrons. The summed E-state index contributed by atoms with van der Waals surface area (Å²) in [6.07, 6.45) is 14.0. The van der Waals surface area contributed by atoms with Crippen LogP contribution in [0.3, 0.4) is 0 Å². The van der Waals surface area contributed by atoms with Gasteiger partial charge in [0.15, 0.2) is 0 Å². The monoisotopic (exact) mass is 276 g/mol. The second kappa shape index (κ2) is 4.48. The molecule has 7 atom stereocenters. The molecule has 0 unspecified atom stereocenters. The lowest BCUT2D eigenvalue weighted by Gasteiger charge is -2.60. The minimum atomic E-state index is -0.00895. The van der Waals surface area contributed by atoms with Gasteiger partial charge in [0.25, 0.3) is 0 Å². The molecule has 4 saturated carbocycles. The Morgan fingerprint density at radius 1 is 0.750 bits per heavy atom. The van der Waals surface area contributed by atoms with Crippen molar-refractivity contribution in [2.75, 3.05) is 0 Å². The summed E-state index contributed by atoms with van der Waals surface area (Å²) in [5.74, 6) is 3.76. The maximum Gasteiger partial charge on any atom is 0.0596 e. The largest absolute Gasteiger partial charge is 0.393 e. The molecule has 0 aromatic rings. The van der Waals surface area contributed by atoms with E-state index in [2.05, 4.69) is 13.8 Å². The van der Waals surface area contributed by atoms with Crippen molar-refractivity contribution in [3.63, 3.8) is 0 Å². The lowest BCUT2D eigenvalue weighted by molar-refractivity contribution is -0.120. The molecule has 0 bridgehead atoms. The molecule has 1 heteroatoms. The maximum atomic E-state index is 10.5. The number of hydrogen-bond acceptors (Lipinski definition) is 1. The fourth-order valence-corrected chi connectivity index (χ4v) is 7.27. The molecule has 4 aliphatic carbocycles. The predicted octanol–water partition coefficient (Wildman–Crippen LogP) is 4.78. The highest BCUT2D eigenvalue weighted by molar-refractivity contribution is 5.08. The number of fused-ring (bicyclic) bond motifs is 5. The first-order valence-corrected chi connectivity index (χ1v) is 9.24. The van der Waals surface area contributed by atoms with E-state index in [0.29, 0.717) is 5.41 Å². The fourth-order valence-electron chi connectivity index (χ4n) is 7.27. The van der Waals surface area contributed by atoms with Crippen molar-refractivity contribution in [2.45, 2.75) is 84.2 Å². The molecule has 1 nitrogen and oxygen atoms in total. The summed E-state index contributed by atoms with van der Waals surface area (Å²) in [5.41, 5.74) is 0.912. The summed E-state index contributed by atoms with van der Waals surface area (Å²) in [6.45, 7) is 5.04. The summed E-state index contributed by atoms with van der Waals surface area (Å²) in [5, 5.41) is 10.5. The number of rotatable bonds is 0. The summed E-state index contributed by atoms with van der Waals surface area (Å²) in [6, 6.07) is 0. The normalized spacial score (nSPS) is 58.6. The molecule has 4 rings (SSSR count). The van der Waals surface area contributed by atoms with E-state index in [9.17, 15) is 5.11 Å². The second-order valence-corrected chi connectivity index (χ2v) is 9.04. The predicted molar refractivity (Wildman–Crippen MR) is 82.4 cm³/mol. The first kappa shape index (κ1) is 13.6. The van der Waals surface area contributed by atoms with E-state index in [1.54, 1.807) is 0 Å². The van der Waals surface area contributed by atoms with Gasteiger partial charge in [-0.05, 0) is 85.9 Å². The minimum absolute atomic E-state index is 0.00895. The van der Waals surface area contributed by atoms with E-state index in [4.69, 9.17) is 0 Å². The van der Waals surface area contributed by atoms with Crippen LogP contribution in [-0.4, -0.2) is 11.2 Å². The molecule has 0 aromatic carbocycles. The van der Waals surface area contributed by atoms with Gasteiger partial charge in [-0.25, -0.2) is 0 Å².